The molecule has 2 rings (SSSR count). The molecule has 0 saturated carbocycles. The number of nitrogens with two attached hydrogens (primary N) is 1. The van der Waals surface area contributed by atoms with Crippen LogP contribution in [-0.2, 0) is 6.42 Å². The van der Waals surface area contributed by atoms with Crippen molar-refractivity contribution in [3.05, 3.63) is 53.9 Å². The molecule has 0 bridgehead atoms. The molecule has 0 radical (unpaired) electrons. The molecule has 0 aliphatic carbocycles. The Balaban J connectivity index is 1.98. The first-order valence-electron chi connectivity index (χ1n) is 7.17. The smallest absolute Gasteiger partial charge is 0.145 e. The Kier molecular flexibility index (Phi) is 5.13. The van der Waals surface area contributed by atoms with Gasteiger partial charge in [-0.25, -0.2) is 0 Å². The van der Waals surface area contributed by atoms with Crippen LogP contribution in [0, 0.1) is 0 Å². The Labute approximate surface area is 120 Å². The Hall–Kier alpha value is -1.87. The number of aryl methyl sites for hydroxylation is 1. The summed E-state index contributed by atoms with van der Waals surface area (Å²) >= 11 is 0. The molecule has 1 heterocycles. The maximum atomic E-state index is 5.77. The normalized spacial score (nSPS) is 12.2. The molecule has 0 unspecified atom stereocenters. The monoisotopic (exact) mass is 270 g/mol. The Bertz CT molecular complexity index is 518. The number of hydrogen-bond donors (Lipinski definition) is 1. The minimum absolute atomic E-state index is 0.0538. The molecule has 0 saturated heterocycles. The van der Waals surface area contributed by atoms with Gasteiger partial charge in [-0.2, -0.15) is 0 Å². The summed E-state index contributed by atoms with van der Waals surface area (Å²) in [6.07, 6.45) is 5.28. The number of hydrogen-bond acceptors (Lipinski definition) is 3. The number of nitrogens with zero attached hydrogens (tertiary/aromatic N) is 1. The van der Waals surface area contributed by atoms with Crippen LogP contribution >= 0.6 is 0 Å². The van der Waals surface area contributed by atoms with Gasteiger partial charge in [0.25, 0.3) is 0 Å². The van der Waals surface area contributed by atoms with Crippen LogP contribution in [0.25, 0.3) is 0 Å². The molecule has 3 heteroatoms. The van der Waals surface area contributed by atoms with Gasteiger partial charge in [-0.1, -0.05) is 25.5 Å². The lowest BCUT2D eigenvalue weighted by Gasteiger charge is -2.08. The fourth-order valence-corrected chi connectivity index (χ4v) is 1.96. The standard InChI is InChI=1S/C17H22N2O/c1-3-4-5-14-6-8-15(9-7-14)20-16-10-11-17(13(2)18)19-12-16/h6-13H,3-5,18H2,1-2H3/t13-/m1/s1. The molecular weight excluding hydrogens is 248 g/mol. The van der Waals surface area contributed by atoms with Gasteiger partial charge in [0, 0.05) is 6.04 Å². The third-order valence-electron chi connectivity index (χ3n) is 3.20. The van der Waals surface area contributed by atoms with E-state index < -0.39 is 0 Å². The van der Waals surface area contributed by atoms with E-state index in [2.05, 4.69) is 24.0 Å². The second-order valence-electron chi connectivity index (χ2n) is 5.06. The van der Waals surface area contributed by atoms with E-state index in [4.69, 9.17) is 10.5 Å². The van der Waals surface area contributed by atoms with Gasteiger partial charge in [0.2, 0.25) is 0 Å². The van der Waals surface area contributed by atoms with E-state index in [0.717, 1.165) is 23.6 Å². The molecule has 0 spiro atoms. The van der Waals surface area contributed by atoms with Gasteiger partial charge in [0.1, 0.15) is 11.5 Å². The second-order valence-corrected chi connectivity index (χ2v) is 5.06. The highest BCUT2D eigenvalue weighted by molar-refractivity contribution is 5.32. The number of aromatic nitrogens is 1. The van der Waals surface area contributed by atoms with Crippen LogP contribution in [-0.4, -0.2) is 4.98 Å². The molecule has 0 aliphatic rings. The van der Waals surface area contributed by atoms with Crippen molar-refractivity contribution in [2.75, 3.05) is 0 Å². The third kappa shape index (κ3) is 4.07. The highest BCUT2D eigenvalue weighted by atomic mass is 16.5. The van der Waals surface area contributed by atoms with Crippen LogP contribution < -0.4 is 10.5 Å². The highest BCUT2D eigenvalue weighted by Crippen LogP contribution is 2.22. The SMILES string of the molecule is CCCCc1ccc(Oc2ccc([C@@H](C)N)nc2)cc1. The summed E-state index contributed by atoms with van der Waals surface area (Å²) < 4.78 is 5.77. The molecule has 0 amide bonds. The van der Waals surface area contributed by atoms with Crippen LogP contribution in [0.2, 0.25) is 0 Å². The van der Waals surface area contributed by atoms with Crippen molar-refractivity contribution in [2.24, 2.45) is 5.73 Å². The first-order valence-corrected chi connectivity index (χ1v) is 7.17. The molecule has 1 atom stereocenters. The number of unbranched alkanes of at least 4 members (excludes halogenated alkanes) is 1. The van der Waals surface area contributed by atoms with Crippen molar-refractivity contribution in [1.29, 1.82) is 0 Å². The first kappa shape index (κ1) is 14.5. The van der Waals surface area contributed by atoms with Gasteiger partial charge in [-0.15, -0.1) is 0 Å². The number of ether oxygens (including phenoxy) is 1. The minimum atomic E-state index is -0.0538. The van der Waals surface area contributed by atoms with Crippen LogP contribution in [0.3, 0.4) is 0 Å². The van der Waals surface area contributed by atoms with Crippen LogP contribution in [0.4, 0.5) is 0 Å². The zero-order chi connectivity index (χ0) is 14.4. The number of rotatable bonds is 6. The first-order chi connectivity index (χ1) is 9.69. The lowest BCUT2D eigenvalue weighted by atomic mass is 10.1. The molecular formula is C17H22N2O. The zero-order valence-electron chi connectivity index (χ0n) is 12.2. The molecule has 106 valence electrons. The second kappa shape index (κ2) is 7.06. The molecule has 2 aromatic rings. The van der Waals surface area contributed by atoms with Crippen molar-refractivity contribution in [2.45, 2.75) is 39.2 Å². The highest BCUT2D eigenvalue weighted by Gasteiger charge is 2.02. The lowest BCUT2D eigenvalue weighted by molar-refractivity contribution is 0.479. The van der Waals surface area contributed by atoms with Gasteiger partial charge < -0.3 is 10.5 Å². The predicted octanol–water partition coefficient (Wildman–Crippen LogP) is 4.24. The Morgan fingerprint density at radius 1 is 1.10 bits per heavy atom. The zero-order valence-corrected chi connectivity index (χ0v) is 12.2. The van der Waals surface area contributed by atoms with E-state index >= 15 is 0 Å². The Morgan fingerprint density at radius 2 is 1.80 bits per heavy atom. The third-order valence-corrected chi connectivity index (χ3v) is 3.20. The van der Waals surface area contributed by atoms with Crippen LogP contribution in [0.1, 0.15) is 44.0 Å². The topological polar surface area (TPSA) is 48.1 Å². The van der Waals surface area contributed by atoms with E-state index in [-0.39, 0.29) is 6.04 Å². The molecule has 1 aromatic heterocycles. The molecule has 20 heavy (non-hydrogen) atoms. The van der Waals surface area contributed by atoms with E-state index in [0.29, 0.717) is 0 Å². The van der Waals surface area contributed by atoms with Gasteiger partial charge >= 0.3 is 0 Å². The molecule has 0 aliphatic heterocycles. The Morgan fingerprint density at radius 3 is 2.35 bits per heavy atom. The number of benzene rings is 1. The van der Waals surface area contributed by atoms with Gasteiger partial charge in [-0.3, -0.25) is 4.98 Å². The molecule has 2 N–H and O–H groups in total. The molecule has 0 fully saturated rings. The maximum Gasteiger partial charge on any atom is 0.145 e. The maximum absolute atomic E-state index is 5.77. The van der Waals surface area contributed by atoms with Crippen molar-refractivity contribution in [3.8, 4) is 11.5 Å². The van der Waals surface area contributed by atoms with Gasteiger partial charge in [0.05, 0.1) is 11.9 Å². The molecule has 1 aromatic carbocycles. The van der Waals surface area contributed by atoms with Crippen molar-refractivity contribution in [3.63, 3.8) is 0 Å². The van der Waals surface area contributed by atoms with Crippen molar-refractivity contribution < 1.29 is 4.74 Å². The summed E-state index contributed by atoms with van der Waals surface area (Å²) in [6.45, 7) is 4.12. The summed E-state index contributed by atoms with van der Waals surface area (Å²) in [5.41, 5.74) is 7.99. The largest absolute Gasteiger partial charge is 0.456 e. The average molecular weight is 270 g/mol. The summed E-state index contributed by atoms with van der Waals surface area (Å²) in [5, 5.41) is 0. The fraction of sp³-hybridized carbons (Fsp3) is 0.353. The van der Waals surface area contributed by atoms with Crippen LogP contribution in [0.15, 0.2) is 42.6 Å². The average Bonchev–Trinajstić information content (AvgIpc) is 2.47. The summed E-state index contributed by atoms with van der Waals surface area (Å²) in [7, 11) is 0. The van der Waals surface area contributed by atoms with Crippen molar-refractivity contribution in [1.82, 2.24) is 4.98 Å². The fourth-order valence-electron chi connectivity index (χ4n) is 1.96. The van der Waals surface area contributed by atoms with Crippen LogP contribution in [0.5, 0.6) is 11.5 Å². The number of pyridine rings is 1. The van der Waals surface area contributed by atoms with E-state index in [9.17, 15) is 0 Å². The van der Waals surface area contributed by atoms with Crippen molar-refractivity contribution >= 4 is 0 Å². The predicted molar refractivity (Wildman–Crippen MR) is 82.0 cm³/mol. The van der Waals surface area contributed by atoms with E-state index in [1.165, 1.54) is 18.4 Å². The van der Waals surface area contributed by atoms with Gasteiger partial charge in [-0.05, 0) is 49.6 Å². The van der Waals surface area contributed by atoms with E-state index in [1.54, 1.807) is 6.20 Å². The summed E-state index contributed by atoms with van der Waals surface area (Å²) in [4.78, 5) is 4.28. The minimum Gasteiger partial charge on any atom is -0.456 e. The quantitative estimate of drug-likeness (QED) is 0.854. The lowest BCUT2D eigenvalue weighted by Crippen LogP contribution is -2.06. The van der Waals surface area contributed by atoms with Gasteiger partial charge in [0.15, 0.2) is 0 Å². The van der Waals surface area contributed by atoms with E-state index in [1.807, 2.05) is 31.2 Å². The summed E-state index contributed by atoms with van der Waals surface area (Å²) in [6, 6.07) is 12.0. The summed E-state index contributed by atoms with van der Waals surface area (Å²) in [5.74, 6) is 1.57. The molecule has 3 nitrogen and oxygen atoms in total.